The van der Waals surface area contributed by atoms with Gasteiger partial charge >= 0.3 is 0 Å². The van der Waals surface area contributed by atoms with E-state index in [2.05, 4.69) is 39.5 Å². The first-order valence-corrected chi connectivity index (χ1v) is 8.21. The van der Waals surface area contributed by atoms with Crippen LogP contribution in [0.15, 0.2) is 30.3 Å². The van der Waals surface area contributed by atoms with Gasteiger partial charge in [-0.25, -0.2) is 0 Å². The molecule has 1 aromatic carbocycles. The Bertz CT molecular complexity index is 446. The highest BCUT2D eigenvalue weighted by Crippen LogP contribution is 2.40. The Labute approximate surface area is 130 Å². The van der Waals surface area contributed by atoms with Gasteiger partial charge in [0.2, 0.25) is 0 Å². The molecule has 0 saturated carbocycles. The fourth-order valence-electron chi connectivity index (χ4n) is 4.00. The molecule has 1 aliphatic heterocycles. The monoisotopic (exact) mass is 289 g/mol. The van der Waals surface area contributed by atoms with Crippen molar-refractivity contribution in [2.45, 2.75) is 71.1 Å². The van der Waals surface area contributed by atoms with E-state index in [4.69, 9.17) is 0 Å². The molecule has 2 heteroatoms. The molecule has 1 heterocycles. The highest BCUT2D eigenvalue weighted by molar-refractivity contribution is 5.17. The standard InChI is InChI=1S/C19H31NO/c1-18(2,3)20-14-15(13-19(20,4)5)11-12-17(21)16-9-7-6-8-10-16/h6-10,15,17,21H,11-14H2,1-5H3. The van der Waals surface area contributed by atoms with Crippen LogP contribution in [0.2, 0.25) is 0 Å². The summed E-state index contributed by atoms with van der Waals surface area (Å²) < 4.78 is 0. The molecule has 2 atom stereocenters. The van der Waals surface area contributed by atoms with Gasteiger partial charge in [-0.05, 0) is 65.4 Å². The van der Waals surface area contributed by atoms with Crippen molar-refractivity contribution in [2.24, 2.45) is 5.92 Å². The molecule has 1 aliphatic rings. The van der Waals surface area contributed by atoms with Crippen LogP contribution in [0, 0.1) is 5.92 Å². The molecule has 2 unspecified atom stereocenters. The first-order chi connectivity index (χ1) is 9.70. The molecule has 21 heavy (non-hydrogen) atoms. The van der Waals surface area contributed by atoms with E-state index in [9.17, 15) is 5.11 Å². The highest BCUT2D eigenvalue weighted by atomic mass is 16.3. The number of hydrogen-bond donors (Lipinski definition) is 1. The smallest absolute Gasteiger partial charge is 0.0790 e. The Morgan fingerprint density at radius 3 is 2.38 bits per heavy atom. The zero-order valence-corrected chi connectivity index (χ0v) is 14.3. The fourth-order valence-corrected chi connectivity index (χ4v) is 4.00. The Morgan fingerprint density at radius 1 is 1.24 bits per heavy atom. The molecule has 0 aromatic heterocycles. The second-order valence-corrected chi connectivity index (χ2v) is 8.17. The number of likely N-dealkylation sites (tertiary alicyclic amines) is 1. The van der Waals surface area contributed by atoms with Crippen molar-refractivity contribution in [3.8, 4) is 0 Å². The number of nitrogens with zero attached hydrogens (tertiary/aromatic N) is 1. The summed E-state index contributed by atoms with van der Waals surface area (Å²) in [4.78, 5) is 2.62. The molecular weight excluding hydrogens is 258 g/mol. The van der Waals surface area contributed by atoms with Crippen LogP contribution in [-0.4, -0.2) is 27.6 Å². The SMILES string of the molecule is CC(C)(C)N1CC(CCC(O)c2ccccc2)CC1(C)C. The first kappa shape index (κ1) is 16.5. The number of aliphatic hydroxyl groups excluding tert-OH is 1. The van der Waals surface area contributed by atoms with Gasteiger partial charge in [-0.2, -0.15) is 0 Å². The molecule has 0 spiro atoms. The molecule has 0 bridgehead atoms. The first-order valence-electron chi connectivity index (χ1n) is 8.21. The van der Waals surface area contributed by atoms with Gasteiger partial charge in [0.25, 0.3) is 0 Å². The zero-order valence-electron chi connectivity index (χ0n) is 14.3. The van der Waals surface area contributed by atoms with Crippen molar-refractivity contribution in [3.63, 3.8) is 0 Å². The third kappa shape index (κ3) is 4.08. The lowest BCUT2D eigenvalue weighted by molar-refractivity contribution is 0.0667. The Hall–Kier alpha value is -0.860. The van der Waals surface area contributed by atoms with Crippen LogP contribution in [0.1, 0.15) is 65.5 Å². The van der Waals surface area contributed by atoms with Crippen molar-refractivity contribution in [1.82, 2.24) is 4.90 Å². The fraction of sp³-hybridized carbons (Fsp3) is 0.684. The van der Waals surface area contributed by atoms with Gasteiger partial charge in [0.15, 0.2) is 0 Å². The van der Waals surface area contributed by atoms with Gasteiger partial charge in [0.05, 0.1) is 6.10 Å². The molecule has 1 fully saturated rings. The number of rotatable bonds is 4. The summed E-state index contributed by atoms with van der Waals surface area (Å²) in [5.74, 6) is 0.692. The maximum absolute atomic E-state index is 10.3. The van der Waals surface area contributed by atoms with Gasteiger partial charge in [-0.1, -0.05) is 30.3 Å². The van der Waals surface area contributed by atoms with E-state index >= 15 is 0 Å². The number of aliphatic hydroxyl groups is 1. The predicted molar refractivity (Wildman–Crippen MR) is 89.3 cm³/mol. The van der Waals surface area contributed by atoms with Gasteiger partial charge < -0.3 is 5.11 Å². The van der Waals surface area contributed by atoms with Crippen LogP contribution in [0.25, 0.3) is 0 Å². The summed E-state index contributed by atoms with van der Waals surface area (Å²) in [7, 11) is 0. The van der Waals surface area contributed by atoms with Crippen molar-refractivity contribution < 1.29 is 5.11 Å². The zero-order chi connectivity index (χ0) is 15.7. The van der Waals surface area contributed by atoms with E-state index in [-0.39, 0.29) is 17.2 Å². The lowest BCUT2D eigenvalue weighted by atomic mass is 9.90. The van der Waals surface area contributed by atoms with Gasteiger partial charge in [-0.15, -0.1) is 0 Å². The second-order valence-electron chi connectivity index (χ2n) is 8.17. The quantitative estimate of drug-likeness (QED) is 0.888. The van der Waals surface area contributed by atoms with E-state index in [0.29, 0.717) is 5.92 Å². The van der Waals surface area contributed by atoms with Crippen molar-refractivity contribution in [3.05, 3.63) is 35.9 Å². The largest absolute Gasteiger partial charge is 0.388 e. The summed E-state index contributed by atoms with van der Waals surface area (Å²) in [6.45, 7) is 12.8. The summed E-state index contributed by atoms with van der Waals surface area (Å²) in [5.41, 5.74) is 1.53. The minimum Gasteiger partial charge on any atom is -0.388 e. The van der Waals surface area contributed by atoms with Crippen LogP contribution in [-0.2, 0) is 0 Å². The van der Waals surface area contributed by atoms with Crippen LogP contribution in [0.5, 0.6) is 0 Å². The van der Waals surface area contributed by atoms with Crippen molar-refractivity contribution >= 4 is 0 Å². The van der Waals surface area contributed by atoms with E-state index in [0.717, 1.165) is 24.9 Å². The minimum atomic E-state index is -0.321. The van der Waals surface area contributed by atoms with E-state index in [1.54, 1.807) is 0 Å². The lowest BCUT2D eigenvalue weighted by Gasteiger charge is -2.42. The van der Waals surface area contributed by atoms with Crippen LogP contribution in [0.4, 0.5) is 0 Å². The molecule has 118 valence electrons. The summed E-state index contributed by atoms with van der Waals surface area (Å²) in [5, 5.41) is 10.3. The summed E-state index contributed by atoms with van der Waals surface area (Å²) in [6.07, 6.45) is 2.87. The predicted octanol–water partition coefficient (Wildman–Crippen LogP) is 4.40. The Balaban J connectivity index is 1.91. The van der Waals surface area contributed by atoms with Crippen LogP contribution >= 0.6 is 0 Å². The average Bonchev–Trinajstić information content (AvgIpc) is 2.72. The van der Waals surface area contributed by atoms with E-state index in [1.807, 2.05) is 30.3 Å². The molecule has 1 N–H and O–H groups in total. The van der Waals surface area contributed by atoms with Crippen molar-refractivity contribution in [1.29, 1.82) is 0 Å². The third-order valence-electron chi connectivity index (χ3n) is 4.80. The van der Waals surface area contributed by atoms with Crippen molar-refractivity contribution in [2.75, 3.05) is 6.54 Å². The number of hydrogen-bond acceptors (Lipinski definition) is 2. The number of benzene rings is 1. The Morgan fingerprint density at radius 2 is 1.86 bits per heavy atom. The third-order valence-corrected chi connectivity index (χ3v) is 4.80. The molecule has 2 rings (SSSR count). The Kier molecular flexibility index (Phi) is 4.79. The molecular formula is C19H31NO. The van der Waals surface area contributed by atoms with Gasteiger partial charge in [0.1, 0.15) is 0 Å². The molecule has 0 amide bonds. The normalized spacial score (nSPS) is 24.2. The molecule has 1 aromatic rings. The maximum Gasteiger partial charge on any atom is 0.0790 e. The van der Waals surface area contributed by atoms with Crippen LogP contribution in [0.3, 0.4) is 0 Å². The average molecular weight is 289 g/mol. The molecule has 0 radical (unpaired) electrons. The lowest BCUT2D eigenvalue weighted by Crippen LogP contribution is -2.50. The minimum absolute atomic E-state index is 0.219. The van der Waals surface area contributed by atoms with Gasteiger partial charge in [-0.3, -0.25) is 4.90 Å². The van der Waals surface area contributed by atoms with Crippen LogP contribution < -0.4 is 0 Å². The van der Waals surface area contributed by atoms with E-state index < -0.39 is 0 Å². The molecule has 0 aliphatic carbocycles. The molecule has 1 saturated heterocycles. The maximum atomic E-state index is 10.3. The molecule has 2 nitrogen and oxygen atoms in total. The summed E-state index contributed by atoms with van der Waals surface area (Å²) >= 11 is 0. The highest BCUT2D eigenvalue weighted by Gasteiger charge is 2.43. The topological polar surface area (TPSA) is 23.5 Å². The van der Waals surface area contributed by atoms with E-state index in [1.165, 1.54) is 6.42 Å². The van der Waals surface area contributed by atoms with Gasteiger partial charge in [0, 0.05) is 17.6 Å². The summed E-state index contributed by atoms with van der Waals surface area (Å²) in [6, 6.07) is 10.0. The second kappa shape index (κ2) is 6.10.